The molecule has 23 heavy (non-hydrogen) atoms. The molecule has 0 spiro atoms. The second-order valence-corrected chi connectivity index (χ2v) is 6.31. The third-order valence-corrected chi connectivity index (χ3v) is 4.72. The molecule has 1 fully saturated rings. The second-order valence-electron chi connectivity index (χ2n) is 6.31. The largest absolute Gasteiger partial charge is 0.363 e. The highest BCUT2D eigenvalue weighted by atomic mass is 15.2. The lowest BCUT2D eigenvalue weighted by molar-refractivity contribution is 0.412. The first-order valence-electron chi connectivity index (χ1n) is 8.50. The van der Waals surface area contributed by atoms with Gasteiger partial charge in [0.2, 0.25) is 5.78 Å². The van der Waals surface area contributed by atoms with Crippen LogP contribution in [0.2, 0.25) is 0 Å². The van der Waals surface area contributed by atoms with Gasteiger partial charge in [0.05, 0.1) is 12.2 Å². The number of hydrogen-bond donors (Lipinski definition) is 0. The Morgan fingerprint density at radius 1 is 1.04 bits per heavy atom. The summed E-state index contributed by atoms with van der Waals surface area (Å²) in [4.78, 5) is 11.5. The van der Waals surface area contributed by atoms with E-state index in [1.54, 1.807) is 6.20 Å². The summed E-state index contributed by atoms with van der Waals surface area (Å²) in [5.41, 5.74) is 2.38. The van der Waals surface area contributed by atoms with Crippen LogP contribution < -0.4 is 4.90 Å². The summed E-state index contributed by atoms with van der Waals surface area (Å²) in [6.07, 6.45) is 12.5. The van der Waals surface area contributed by atoms with E-state index in [-0.39, 0.29) is 0 Å². The van der Waals surface area contributed by atoms with E-state index in [0.29, 0.717) is 6.04 Å². The topological polar surface area (TPSA) is 33.4 Å². The molecular weight excluding hydrogens is 284 g/mol. The number of anilines is 1. The maximum absolute atomic E-state index is 4.68. The molecule has 0 bridgehead atoms. The normalized spacial score (nSPS) is 15.8. The molecule has 2 heterocycles. The highest BCUT2D eigenvalue weighted by Gasteiger charge is 2.22. The van der Waals surface area contributed by atoms with Crippen LogP contribution in [0.25, 0.3) is 5.78 Å². The van der Waals surface area contributed by atoms with Gasteiger partial charge in [-0.3, -0.25) is 4.40 Å². The van der Waals surface area contributed by atoms with Crippen molar-refractivity contribution >= 4 is 11.5 Å². The van der Waals surface area contributed by atoms with Crippen molar-refractivity contribution in [2.45, 2.75) is 44.7 Å². The molecule has 0 amide bonds. The first-order valence-corrected chi connectivity index (χ1v) is 8.50. The SMILES string of the molecule is c1ccc(N(Cc2cn3cccnc3n2)C2CCCCC2)cc1. The van der Waals surface area contributed by atoms with Crippen molar-refractivity contribution in [1.82, 2.24) is 14.4 Å². The van der Waals surface area contributed by atoms with Crippen molar-refractivity contribution in [3.05, 3.63) is 60.7 Å². The highest BCUT2D eigenvalue weighted by molar-refractivity contribution is 5.48. The van der Waals surface area contributed by atoms with Gasteiger partial charge in [-0.05, 0) is 31.0 Å². The van der Waals surface area contributed by atoms with Crippen molar-refractivity contribution in [3.63, 3.8) is 0 Å². The molecule has 4 heteroatoms. The van der Waals surface area contributed by atoms with E-state index < -0.39 is 0 Å². The van der Waals surface area contributed by atoms with Gasteiger partial charge in [-0.2, -0.15) is 0 Å². The molecule has 4 nitrogen and oxygen atoms in total. The summed E-state index contributed by atoms with van der Waals surface area (Å²) in [5.74, 6) is 0.777. The monoisotopic (exact) mass is 306 g/mol. The number of rotatable bonds is 4. The van der Waals surface area contributed by atoms with E-state index in [4.69, 9.17) is 0 Å². The van der Waals surface area contributed by atoms with E-state index in [2.05, 4.69) is 51.4 Å². The zero-order chi connectivity index (χ0) is 15.5. The molecule has 0 unspecified atom stereocenters. The first kappa shape index (κ1) is 14.2. The molecule has 4 rings (SSSR count). The minimum Gasteiger partial charge on any atom is -0.363 e. The Labute approximate surface area is 136 Å². The summed E-state index contributed by atoms with van der Waals surface area (Å²) >= 11 is 0. The molecule has 0 aliphatic heterocycles. The number of aromatic nitrogens is 3. The van der Waals surface area contributed by atoms with E-state index in [9.17, 15) is 0 Å². The highest BCUT2D eigenvalue weighted by Crippen LogP contribution is 2.28. The van der Waals surface area contributed by atoms with Gasteiger partial charge in [0.15, 0.2) is 0 Å². The molecule has 0 atom stereocenters. The lowest BCUT2D eigenvalue weighted by Gasteiger charge is -2.35. The van der Waals surface area contributed by atoms with E-state index in [1.807, 2.05) is 16.7 Å². The van der Waals surface area contributed by atoms with E-state index in [0.717, 1.165) is 18.0 Å². The molecule has 1 saturated carbocycles. The summed E-state index contributed by atoms with van der Waals surface area (Å²) in [7, 11) is 0. The Morgan fingerprint density at radius 2 is 1.87 bits per heavy atom. The number of para-hydroxylation sites is 1. The van der Waals surface area contributed by atoms with Crippen LogP contribution in [-0.2, 0) is 6.54 Å². The van der Waals surface area contributed by atoms with Crippen LogP contribution in [0.1, 0.15) is 37.8 Å². The van der Waals surface area contributed by atoms with E-state index >= 15 is 0 Å². The number of benzene rings is 1. The van der Waals surface area contributed by atoms with Crippen LogP contribution in [0, 0.1) is 0 Å². The standard InChI is InChI=1S/C19H22N4/c1-3-8-17(9-4-1)23(18-10-5-2-6-11-18)15-16-14-22-13-7-12-20-19(22)21-16/h1,3-4,7-9,12-14,18H,2,5-6,10-11,15H2. The number of nitrogens with zero attached hydrogens (tertiary/aromatic N) is 4. The minimum atomic E-state index is 0.615. The second kappa shape index (κ2) is 6.41. The Morgan fingerprint density at radius 3 is 2.65 bits per heavy atom. The van der Waals surface area contributed by atoms with Crippen molar-refractivity contribution in [1.29, 1.82) is 0 Å². The van der Waals surface area contributed by atoms with Gasteiger partial charge in [-0.25, -0.2) is 9.97 Å². The third kappa shape index (κ3) is 3.07. The predicted octanol–water partition coefficient (Wildman–Crippen LogP) is 4.07. The first-order chi connectivity index (χ1) is 11.4. The third-order valence-electron chi connectivity index (χ3n) is 4.72. The fourth-order valence-electron chi connectivity index (χ4n) is 3.57. The van der Waals surface area contributed by atoms with Crippen LogP contribution in [0.5, 0.6) is 0 Å². The average molecular weight is 306 g/mol. The Balaban J connectivity index is 1.64. The van der Waals surface area contributed by atoms with Crippen molar-refractivity contribution in [3.8, 4) is 0 Å². The quantitative estimate of drug-likeness (QED) is 0.728. The van der Waals surface area contributed by atoms with Crippen LogP contribution >= 0.6 is 0 Å². The van der Waals surface area contributed by atoms with E-state index in [1.165, 1.54) is 37.8 Å². The van der Waals surface area contributed by atoms with Crippen LogP contribution in [0.3, 0.4) is 0 Å². The molecule has 1 aliphatic carbocycles. The summed E-state index contributed by atoms with van der Waals surface area (Å²) in [5, 5.41) is 0. The Kier molecular flexibility index (Phi) is 3.97. The lowest BCUT2D eigenvalue weighted by Crippen LogP contribution is -2.36. The molecule has 118 valence electrons. The zero-order valence-electron chi connectivity index (χ0n) is 13.3. The summed E-state index contributed by atoms with van der Waals surface area (Å²) < 4.78 is 2.00. The molecule has 3 aromatic rings. The van der Waals surface area contributed by atoms with Gasteiger partial charge < -0.3 is 4.90 Å². The number of imidazole rings is 1. The predicted molar refractivity (Wildman–Crippen MR) is 92.5 cm³/mol. The van der Waals surface area contributed by atoms with Crippen LogP contribution in [0.15, 0.2) is 55.0 Å². The van der Waals surface area contributed by atoms with Gasteiger partial charge in [0, 0.05) is 30.3 Å². The maximum Gasteiger partial charge on any atom is 0.233 e. The molecular formula is C19H22N4. The zero-order valence-corrected chi connectivity index (χ0v) is 13.3. The summed E-state index contributed by atoms with van der Waals surface area (Å²) in [6, 6.07) is 13.3. The van der Waals surface area contributed by atoms with Crippen molar-refractivity contribution < 1.29 is 0 Å². The maximum atomic E-state index is 4.68. The van der Waals surface area contributed by atoms with Crippen molar-refractivity contribution in [2.24, 2.45) is 0 Å². The van der Waals surface area contributed by atoms with Gasteiger partial charge in [0.1, 0.15) is 0 Å². The smallest absolute Gasteiger partial charge is 0.233 e. The summed E-state index contributed by atoms with van der Waals surface area (Å²) in [6.45, 7) is 0.845. The molecule has 0 saturated heterocycles. The number of hydrogen-bond acceptors (Lipinski definition) is 3. The van der Waals surface area contributed by atoms with Gasteiger partial charge >= 0.3 is 0 Å². The average Bonchev–Trinajstić information content (AvgIpc) is 3.04. The molecule has 1 aromatic carbocycles. The van der Waals surface area contributed by atoms with Gasteiger partial charge in [0.25, 0.3) is 0 Å². The molecule has 1 aliphatic rings. The lowest BCUT2D eigenvalue weighted by atomic mass is 9.93. The van der Waals surface area contributed by atoms with Gasteiger partial charge in [-0.1, -0.05) is 37.5 Å². The molecule has 2 aromatic heterocycles. The molecule has 0 N–H and O–H groups in total. The molecule has 0 radical (unpaired) electrons. The fraction of sp³-hybridized carbons (Fsp3) is 0.368. The fourth-order valence-corrected chi connectivity index (χ4v) is 3.57. The Hall–Kier alpha value is -2.36. The number of fused-ring (bicyclic) bond motifs is 1. The van der Waals surface area contributed by atoms with Crippen LogP contribution in [-0.4, -0.2) is 20.4 Å². The van der Waals surface area contributed by atoms with Gasteiger partial charge in [-0.15, -0.1) is 0 Å². The van der Waals surface area contributed by atoms with Crippen LogP contribution in [0.4, 0.5) is 5.69 Å². The Bertz CT molecular complexity index is 726. The van der Waals surface area contributed by atoms with Crippen molar-refractivity contribution in [2.75, 3.05) is 4.90 Å². The minimum absolute atomic E-state index is 0.615.